The number of hydrogen-bond donors (Lipinski definition) is 3. The lowest BCUT2D eigenvalue weighted by Gasteiger charge is -2.28. The summed E-state index contributed by atoms with van der Waals surface area (Å²) in [7, 11) is 1.76. The van der Waals surface area contributed by atoms with E-state index in [1.165, 1.54) is 0 Å². The highest BCUT2D eigenvalue weighted by atomic mass is 127. The van der Waals surface area contributed by atoms with E-state index in [0.717, 1.165) is 35.1 Å². The van der Waals surface area contributed by atoms with Gasteiger partial charge >= 0.3 is 0 Å². The van der Waals surface area contributed by atoms with Crippen molar-refractivity contribution in [3.8, 4) is 5.75 Å². The summed E-state index contributed by atoms with van der Waals surface area (Å²) in [5, 5.41) is 9.56. The Labute approximate surface area is 208 Å². The molecule has 1 saturated heterocycles. The fourth-order valence-electron chi connectivity index (χ4n) is 3.35. The van der Waals surface area contributed by atoms with Crippen LogP contribution < -0.4 is 25.6 Å². The molecular formula is C24H34IN5O2. The molecule has 1 fully saturated rings. The van der Waals surface area contributed by atoms with Gasteiger partial charge in [0.05, 0.1) is 6.54 Å². The van der Waals surface area contributed by atoms with Crippen LogP contribution in [0.2, 0.25) is 0 Å². The molecule has 0 aromatic heterocycles. The molecular weight excluding hydrogens is 517 g/mol. The number of halogens is 1. The molecule has 32 heavy (non-hydrogen) atoms. The first-order chi connectivity index (χ1) is 14.8. The zero-order valence-corrected chi connectivity index (χ0v) is 21.6. The maximum absolute atomic E-state index is 11.6. The fraction of sp³-hybridized carbons (Fsp3) is 0.417. The Morgan fingerprint density at radius 3 is 2.44 bits per heavy atom. The number of amides is 1. The number of carbonyl (C=O) groups excluding carboxylic acids is 1. The number of para-hydroxylation sites is 1. The van der Waals surface area contributed by atoms with Gasteiger partial charge in [0.15, 0.2) is 5.96 Å². The highest BCUT2D eigenvalue weighted by Gasteiger charge is 2.16. The number of carbonyl (C=O) groups is 1. The number of nitrogens with one attached hydrogen (secondary N) is 3. The maximum atomic E-state index is 11.6. The Morgan fingerprint density at radius 1 is 1.09 bits per heavy atom. The van der Waals surface area contributed by atoms with Crippen molar-refractivity contribution in [1.82, 2.24) is 16.0 Å². The number of piperazine rings is 1. The van der Waals surface area contributed by atoms with Crippen LogP contribution in [0.3, 0.4) is 0 Å². The molecule has 2 aromatic carbocycles. The van der Waals surface area contributed by atoms with Gasteiger partial charge in [0, 0.05) is 44.5 Å². The molecule has 1 aliphatic heterocycles. The molecule has 7 nitrogen and oxygen atoms in total. The largest absolute Gasteiger partial charge is 0.488 e. The van der Waals surface area contributed by atoms with E-state index in [9.17, 15) is 4.79 Å². The minimum Gasteiger partial charge on any atom is -0.488 e. The van der Waals surface area contributed by atoms with Crippen molar-refractivity contribution >= 4 is 41.5 Å². The number of hydrogen-bond acceptors (Lipinski definition) is 4. The van der Waals surface area contributed by atoms with Gasteiger partial charge in [-0.25, -0.2) is 0 Å². The van der Waals surface area contributed by atoms with Gasteiger partial charge in [-0.05, 0) is 44.5 Å². The van der Waals surface area contributed by atoms with Gasteiger partial charge in [-0.1, -0.05) is 30.3 Å². The molecule has 1 amide bonds. The predicted molar refractivity (Wildman–Crippen MR) is 141 cm³/mol. The van der Waals surface area contributed by atoms with E-state index >= 15 is 0 Å². The Hall–Kier alpha value is -2.49. The summed E-state index contributed by atoms with van der Waals surface area (Å²) < 4.78 is 6.07. The van der Waals surface area contributed by atoms with Crippen LogP contribution in [0.4, 0.5) is 5.69 Å². The number of aliphatic imine (C=N–C) groups is 1. The number of rotatable bonds is 6. The molecule has 0 unspecified atom stereocenters. The lowest BCUT2D eigenvalue weighted by atomic mass is 10.1. The summed E-state index contributed by atoms with van der Waals surface area (Å²) in [5.41, 5.74) is 3.04. The second kappa shape index (κ2) is 11.9. The first kappa shape index (κ1) is 25.8. The smallest absolute Gasteiger partial charge is 0.239 e. The lowest BCUT2D eigenvalue weighted by molar-refractivity contribution is -0.120. The second-order valence-electron chi connectivity index (χ2n) is 8.54. The third kappa shape index (κ3) is 7.89. The Bertz CT molecular complexity index is 909. The highest BCUT2D eigenvalue weighted by molar-refractivity contribution is 14.0. The van der Waals surface area contributed by atoms with Crippen LogP contribution in [0.15, 0.2) is 53.5 Å². The molecule has 3 N–H and O–H groups in total. The maximum Gasteiger partial charge on any atom is 0.239 e. The molecule has 0 spiro atoms. The lowest BCUT2D eigenvalue weighted by Crippen LogP contribution is -2.47. The van der Waals surface area contributed by atoms with Gasteiger partial charge in [0.25, 0.3) is 0 Å². The molecule has 0 bridgehead atoms. The van der Waals surface area contributed by atoms with Crippen molar-refractivity contribution in [3.63, 3.8) is 0 Å². The molecule has 174 valence electrons. The van der Waals surface area contributed by atoms with Gasteiger partial charge in [-0.3, -0.25) is 9.79 Å². The van der Waals surface area contributed by atoms with Gasteiger partial charge < -0.3 is 25.6 Å². The third-order valence-electron chi connectivity index (χ3n) is 4.86. The molecule has 3 rings (SSSR count). The van der Waals surface area contributed by atoms with Gasteiger partial charge in [-0.15, -0.1) is 24.0 Å². The molecule has 2 aromatic rings. The first-order valence-electron chi connectivity index (χ1n) is 10.7. The zero-order chi connectivity index (χ0) is 22.3. The fourth-order valence-corrected chi connectivity index (χ4v) is 3.35. The van der Waals surface area contributed by atoms with Crippen molar-refractivity contribution in [2.45, 2.75) is 39.5 Å². The Balaban J connectivity index is 0.00000363. The minimum atomic E-state index is -0.250. The van der Waals surface area contributed by atoms with Gasteiger partial charge in [-0.2, -0.15) is 0 Å². The van der Waals surface area contributed by atoms with E-state index in [0.29, 0.717) is 26.2 Å². The van der Waals surface area contributed by atoms with Crippen molar-refractivity contribution in [3.05, 3.63) is 59.7 Å². The number of benzene rings is 2. The zero-order valence-electron chi connectivity index (χ0n) is 19.3. The van der Waals surface area contributed by atoms with E-state index in [4.69, 9.17) is 4.74 Å². The average Bonchev–Trinajstić information content (AvgIpc) is 2.74. The molecule has 0 aliphatic carbocycles. The summed E-state index contributed by atoms with van der Waals surface area (Å²) in [4.78, 5) is 18.0. The van der Waals surface area contributed by atoms with Crippen molar-refractivity contribution in [2.75, 3.05) is 31.6 Å². The number of anilines is 1. The van der Waals surface area contributed by atoms with E-state index in [-0.39, 0.29) is 35.5 Å². The molecule has 8 heteroatoms. The van der Waals surface area contributed by atoms with Crippen LogP contribution >= 0.6 is 24.0 Å². The molecule has 0 saturated carbocycles. The van der Waals surface area contributed by atoms with E-state index in [1.807, 2.05) is 39.0 Å². The second-order valence-corrected chi connectivity index (χ2v) is 8.54. The van der Waals surface area contributed by atoms with Crippen molar-refractivity contribution < 1.29 is 9.53 Å². The SMILES string of the molecule is CN=C(NCc1ccc(N2CCNC(=O)C2)cc1)NCc1ccccc1OC(C)(C)C.I. The number of guanidine groups is 1. The molecule has 1 aliphatic rings. The standard InChI is InChI=1S/C24H33N5O2.HI/c1-24(2,3)31-21-8-6-5-7-19(21)16-28-23(25-4)27-15-18-9-11-20(12-10-18)29-14-13-26-22(30)17-29;/h5-12H,13-17H2,1-4H3,(H,26,30)(H2,25,27,28);1H. The monoisotopic (exact) mass is 551 g/mol. The highest BCUT2D eigenvalue weighted by Crippen LogP contribution is 2.22. The van der Waals surface area contributed by atoms with Crippen molar-refractivity contribution in [2.24, 2.45) is 4.99 Å². The van der Waals surface area contributed by atoms with Crippen LogP contribution in [0.1, 0.15) is 31.9 Å². The number of nitrogens with zero attached hydrogens (tertiary/aromatic N) is 2. The van der Waals surface area contributed by atoms with Crippen LogP contribution in [0.5, 0.6) is 5.75 Å². The average molecular weight is 551 g/mol. The van der Waals surface area contributed by atoms with E-state index in [2.05, 4.69) is 56.2 Å². The van der Waals surface area contributed by atoms with Crippen LogP contribution in [0, 0.1) is 0 Å². The summed E-state index contributed by atoms with van der Waals surface area (Å²) in [6.07, 6.45) is 0. The van der Waals surface area contributed by atoms with Crippen LogP contribution in [-0.4, -0.2) is 44.1 Å². The summed E-state index contributed by atoms with van der Waals surface area (Å²) in [5.74, 6) is 1.67. The summed E-state index contributed by atoms with van der Waals surface area (Å²) in [6.45, 7) is 9.33. The summed E-state index contributed by atoms with van der Waals surface area (Å²) in [6, 6.07) is 16.3. The Morgan fingerprint density at radius 2 is 1.78 bits per heavy atom. The van der Waals surface area contributed by atoms with E-state index < -0.39 is 0 Å². The third-order valence-corrected chi connectivity index (χ3v) is 4.86. The first-order valence-corrected chi connectivity index (χ1v) is 10.7. The van der Waals surface area contributed by atoms with Crippen molar-refractivity contribution in [1.29, 1.82) is 0 Å². The minimum absolute atomic E-state index is 0. The van der Waals surface area contributed by atoms with Gasteiger partial charge in [0.2, 0.25) is 5.91 Å². The quantitative estimate of drug-likeness (QED) is 0.292. The van der Waals surface area contributed by atoms with Crippen LogP contribution in [-0.2, 0) is 17.9 Å². The van der Waals surface area contributed by atoms with E-state index in [1.54, 1.807) is 7.05 Å². The molecule has 0 radical (unpaired) electrons. The summed E-state index contributed by atoms with van der Waals surface area (Å²) >= 11 is 0. The molecule has 1 heterocycles. The topological polar surface area (TPSA) is 78.0 Å². The predicted octanol–water partition coefficient (Wildman–Crippen LogP) is 3.28. The Kier molecular flexibility index (Phi) is 9.61. The van der Waals surface area contributed by atoms with Crippen LogP contribution in [0.25, 0.3) is 0 Å². The number of ether oxygens (including phenoxy) is 1. The van der Waals surface area contributed by atoms with Gasteiger partial charge in [0.1, 0.15) is 11.4 Å². The molecule has 0 atom stereocenters. The normalized spacial score (nSPS) is 14.3.